The molecule has 2 amide bonds. The number of ether oxygens (including phenoxy) is 1. The quantitative estimate of drug-likeness (QED) is 0.793. The Hall–Kier alpha value is -1.60. The standard InChI is InChI=1S/C16H25N3O3S/c1-3-22-16(21)19-7-4-14(5-8-19)17-15(20)11-18(2)10-13-6-9-23-12-13/h6,9,12,14H,3-5,7-8,10-11H2,1-2H3,(H,17,20)/p+1. The number of likely N-dealkylation sites (N-methyl/N-ethyl adjacent to an activating group) is 1. The average molecular weight is 340 g/mol. The van der Waals surface area contributed by atoms with Crippen molar-refractivity contribution in [2.24, 2.45) is 0 Å². The van der Waals surface area contributed by atoms with Crippen LogP contribution in [0.25, 0.3) is 0 Å². The predicted molar refractivity (Wildman–Crippen MR) is 89.5 cm³/mol. The number of rotatable bonds is 6. The lowest BCUT2D eigenvalue weighted by Gasteiger charge is -2.31. The second-order valence-corrected chi connectivity index (χ2v) is 6.75. The zero-order chi connectivity index (χ0) is 16.7. The molecule has 128 valence electrons. The van der Waals surface area contributed by atoms with Crippen LogP contribution in [0.1, 0.15) is 25.3 Å². The van der Waals surface area contributed by atoms with Crippen molar-refractivity contribution in [1.29, 1.82) is 0 Å². The molecule has 0 radical (unpaired) electrons. The predicted octanol–water partition coefficient (Wildman–Crippen LogP) is 0.500. The molecule has 1 aromatic rings. The van der Waals surface area contributed by atoms with E-state index in [2.05, 4.69) is 22.1 Å². The smallest absolute Gasteiger partial charge is 0.409 e. The first-order valence-corrected chi connectivity index (χ1v) is 9.06. The summed E-state index contributed by atoms with van der Waals surface area (Å²) in [5.41, 5.74) is 1.27. The molecule has 0 spiro atoms. The molecule has 0 aromatic carbocycles. The van der Waals surface area contributed by atoms with Crippen LogP contribution in [0.2, 0.25) is 0 Å². The minimum Gasteiger partial charge on any atom is -0.450 e. The summed E-state index contributed by atoms with van der Waals surface area (Å²) in [4.78, 5) is 26.7. The first-order chi connectivity index (χ1) is 11.1. The van der Waals surface area contributed by atoms with Crippen LogP contribution in [0.4, 0.5) is 4.79 Å². The highest BCUT2D eigenvalue weighted by Gasteiger charge is 2.25. The molecule has 1 unspecified atom stereocenters. The highest BCUT2D eigenvalue weighted by molar-refractivity contribution is 7.07. The highest BCUT2D eigenvalue weighted by Crippen LogP contribution is 2.11. The third-order valence-corrected chi connectivity index (χ3v) is 4.67. The lowest BCUT2D eigenvalue weighted by Crippen LogP contribution is -3.09. The second kappa shape index (κ2) is 8.88. The van der Waals surface area contributed by atoms with E-state index >= 15 is 0 Å². The Morgan fingerprint density at radius 3 is 2.78 bits per heavy atom. The van der Waals surface area contributed by atoms with Crippen LogP contribution in [-0.4, -0.2) is 56.2 Å². The number of carbonyl (C=O) groups excluding carboxylic acids is 2. The van der Waals surface area contributed by atoms with Crippen LogP contribution in [0.15, 0.2) is 16.8 Å². The number of hydrogen-bond donors (Lipinski definition) is 2. The van der Waals surface area contributed by atoms with Crippen molar-refractivity contribution in [3.05, 3.63) is 22.4 Å². The number of hydrogen-bond acceptors (Lipinski definition) is 4. The number of likely N-dealkylation sites (tertiary alicyclic amines) is 1. The first kappa shape index (κ1) is 17.7. The van der Waals surface area contributed by atoms with E-state index < -0.39 is 0 Å². The van der Waals surface area contributed by atoms with Gasteiger partial charge in [-0.05, 0) is 36.6 Å². The molecule has 0 aliphatic carbocycles. The van der Waals surface area contributed by atoms with Crippen LogP contribution in [0.5, 0.6) is 0 Å². The number of piperidine rings is 1. The maximum Gasteiger partial charge on any atom is 0.409 e. The minimum atomic E-state index is -0.253. The molecule has 1 saturated heterocycles. The van der Waals surface area contributed by atoms with Crippen molar-refractivity contribution >= 4 is 23.3 Å². The lowest BCUT2D eigenvalue weighted by atomic mass is 10.1. The van der Waals surface area contributed by atoms with Crippen LogP contribution in [-0.2, 0) is 16.1 Å². The molecule has 7 heteroatoms. The molecule has 2 rings (SSSR count). The maximum atomic E-state index is 12.1. The summed E-state index contributed by atoms with van der Waals surface area (Å²) in [6.45, 7) is 4.81. The summed E-state index contributed by atoms with van der Waals surface area (Å²) in [5.74, 6) is 0.0762. The highest BCUT2D eigenvalue weighted by atomic mass is 32.1. The van der Waals surface area contributed by atoms with Crippen LogP contribution < -0.4 is 10.2 Å². The molecular weight excluding hydrogens is 314 g/mol. The summed E-state index contributed by atoms with van der Waals surface area (Å²) in [7, 11) is 2.03. The van der Waals surface area contributed by atoms with E-state index in [9.17, 15) is 9.59 Å². The molecule has 6 nitrogen and oxygen atoms in total. The molecule has 2 heterocycles. The third kappa shape index (κ3) is 5.84. The molecule has 1 atom stereocenters. The zero-order valence-electron chi connectivity index (χ0n) is 13.8. The number of nitrogens with zero attached hydrogens (tertiary/aromatic N) is 1. The summed E-state index contributed by atoms with van der Waals surface area (Å²) in [5, 5.41) is 7.26. The Bertz CT molecular complexity index is 499. The van der Waals surface area contributed by atoms with Gasteiger partial charge in [0.05, 0.1) is 13.7 Å². The fourth-order valence-corrected chi connectivity index (χ4v) is 3.45. The van der Waals surface area contributed by atoms with E-state index in [-0.39, 0.29) is 18.0 Å². The molecule has 1 aliphatic rings. The van der Waals surface area contributed by atoms with Gasteiger partial charge in [-0.25, -0.2) is 4.79 Å². The van der Waals surface area contributed by atoms with Crippen molar-refractivity contribution in [2.75, 3.05) is 33.3 Å². The van der Waals surface area contributed by atoms with Gasteiger partial charge < -0.3 is 19.9 Å². The third-order valence-electron chi connectivity index (χ3n) is 3.93. The maximum absolute atomic E-state index is 12.1. The van der Waals surface area contributed by atoms with Crippen molar-refractivity contribution in [2.45, 2.75) is 32.4 Å². The molecule has 2 N–H and O–H groups in total. The number of amides is 2. The summed E-state index contributed by atoms with van der Waals surface area (Å²) >= 11 is 1.68. The zero-order valence-corrected chi connectivity index (χ0v) is 14.7. The van der Waals surface area contributed by atoms with Gasteiger partial charge in [0.2, 0.25) is 0 Å². The minimum absolute atomic E-state index is 0.0762. The second-order valence-electron chi connectivity index (χ2n) is 5.97. The van der Waals surface area contributed by atoms with Crippen LogP contribution in [0, 0.1) is 0 Å². The van der Waals surface area contributed by atoms with Crippen molar-refractivity contribution in [1.82, 2.24) is 10.2 Å². The van der Waals surface area contributed by atoms with E-state index in [0.717, 1.165) is 19.4 Å². The number of quaternary nitrogens is 1. The normalized spacial score (nSPS) is 16.9. The van der Waals surface area contributed by atoms with E-state index in [1.54, 1.807) is 23.2 Å². The Kier molecular flexibility index (Phi) is 6.85. The fraction of sp³-hybridized carbons (Fsp3) is 0.625. The summed E-state index contributed by atoms with van der Waals surface area (Å²) < 4.78 is 5.00. The van der Waals surface area contributed by atoms with Gasteiger partial charge in [-0.15, -0.1) is 0 Å². The number of thiophene rings is 1. The van der Waals surface area contributed by atoms with E-state index in [1.165, 1.54) is 10.5 Å². The molecular formula is C16H26N3O3S+. The molecule has 1 aromatic heterocycles. The van der Waals surface area contributed by atoms with Gasteiger partial charge in [0.25, 0.3) is 5.91 Å². The largest absolute Gasteiger partial charge is 0.450 e. The van der Waals surface area contributed by atoms with Crippen molar-refractivity contribution in [3.63, 3.8) is 0 Å². The van der Waals surface area contributed by atoms with Gasteiger partial charge in [-0.1, -0.05) is 0 Å². The Morgan fingerprint density at radius 1 is 1.43 bits per heavy atom. The van der Waals surface area contributed by atoms with E-state index in [4.69, 9.17) is 4.74 Å². The average Bonchev–Trinajstić information content (AvgIpc) is 3.00. The van der Waals surface area contributed by atoms with E-state index in [1.807, 2.05) is 7.05 Å². The Labute approximate surface area is 141 Å². The van der Waals surface area contributed by atoms with Gasteiger partial charge in [0, 0.05) is 24.7 Å². The van der Waals surface area contributed by atoms with Gasteiger partial charge in [0.1, 0.15) is 6.54 Å². The van der Waals surface area contributed by atoms with Gasteiger partial charge in [-0.2, -0.15) is 11.3 Å². The topological polar surface area (TPSA) is 63.1 Å². The monoisotopic (exact) mass is 340 g/mol. The Morgan fingerprint density at radius 2 is 2.17 bits per heavy atom. The SMILES string of the molecule is CCOC(=O)N1CCC(NC(=O)C[NH+](C)Cc2ccsc2)CC1. The summed E-state index contributed by atoms with van der Waals surface area (Å²) in [6.07, 6.45) is 1.32. The molecule has 23 heavy (non-hydrogen) atoms. The fourth-order valence-electron chi connectivity index (χ4n) is 2.78. The number of carbonyl (C=O) groups is 2. The first-order valence-electron chi connectivity index (χ1n) is 8.12. The van der Waals surface area contributed by atoms with Crippen LogP contribution in [0.3, 0.4) is 0 Å². The van der Waals surface area contributed by atoms with Crippen LogP contribution >= 0.6 is 11.3 Å². The number of nitrogens with one attached hydrogen (secondary N) is 2. The lowest BCUT2D eigenvalue weighted by molar-refractivity contribution is -0.885. The van der Waals surface area contributed by atoms with E-state index in [0.29, 0.717) is 26.2 Å². The van der Waals surface area contributed by atoms with Crippen molar-refractivity contribution in [3.8, 4) is 0 Å². The summed E-state index contributed by atoms with van der Waals surface area (Å²) in [6, 6.07) is 2.25. The molecule has 0 saturated carbocycles. The Balaban J connectivity index is 1.67. The van der Waals surface area contributed by atoms with Gasteiger partial charge in [0.15, 0.2) is 6.54 Å². The molecule has 1 fully saturated rings. The van der Waals surface area contributed by atoms with Crippen molar-refractivity contribution < 1.29 is 19.2 Å². The van der Waals surface area contributed by atoms with Gasteiger partial charge >= 0.3 is 6.09 Å². The van der Waals surface area contributed by atoms with Gasteiger partial charge in [-0.3, -0.25) is 4.79 Å². The molecule has 0 bridgehead atoms. The molecule has 1 aliphatic heterocycles.